The van der Waals surface area contributed by atoms with Crippen molar-refractivity contribution in [3.8, 4) is 0 Å². The fraction of sp³-hybridized carbons (Fsp3) is 0.692. The molecule has 1 aliphatic heterocycles. The first kappa shape index (κ1) is 17.9. The largest absolute Gasteiger partial charge is 0.534 e. The second kappa shape index (κ2) is 5.90. The van der Waals surface area contributed by atoms with Crippen LogP contribution in [0.4, 0.5) is 13.2 Å². The second-order valence-corrected chi connectivity index (χ2v) is 7.71. The Kier molecular flexibility index (Phi) is 5.02. The SMILES string of the molecule is C=C(CC(C)(C)C)N1CCC=C(OS(=O)(=O)C(F)(F)F)C1. The van der Waals surface area contributed by atoms with Crippen LogP contribution < -0.4 is 0 Å². The summed E-state index contributed by atoms with van der Waals surface area (Å²) in [6.07, 6.45) is 2.43. The molecule has 0 radical (unpaired) electrons. The number of alkyl halides is 3. The molecule has 0 amide bonds. The van der Waals surface area contributed by atoms with Crippen LogP contribution in [-0.2, 0) is 14.3 Å². The lowest BCUT2D eigenvalue weighted by Gasteiger charge is -2.33. The third-order valence-corrected chi connectivity index (χ3v) is 3.80. The van der Waals surface area contributed by atoms with Gasteiger partial charge in [-0.15, -0.1) is 0 Å². The van der Waals surface area contributed by atoms with E-state index >= 15 is 0 Å². The van der Waals surface area contributed by atoms with Crippen LogP contribution in [0.5, 0.6) is 0 Å². The van der Waals surface area contributed by atoms with E-state index in [0.717, 1.165) is 5.70 Å². The van der Waals surface area contributed by atoms with E-state index in [9.17, 15) is 21.6 Å². The predicted molar refractivity (Wildman–Crippen MR) is 73.5 cm³/mol. The predicted octanol–water partition coefficient (Wildman–Crippen LogP) is 3.39. The lowest BCUT2D eigenvalue weighted by atomic mass is 9.90. The van der Waals surface area contributed by atoms with Gasteiger partial charge in [-0.2, -0.15) is 21.6 Å². The Bertz CT molecular complexity index is 530. The third kappa shape index (κ3) is 5.26. The van der Waals surface area contributed by atoms with Crippen molar-refractivity contribution in [2.45, 2.75) is 39.1 Å². The summed E-state index contributed by atoms with van der Waals surface area (Å²) in [5, 5.41) is 0. The van der Waals surface area contributed by atoms with E-state index < -0.39 is 15.6 Å². The number of allylic oxidation sites excluding steroid dienone is 1. The lowest BCUT2D eigenvalue weighted by Crippen LogP contribution is -2.34. The van der Waals surface area contributed by atoms with Crippen molar-refractivity contribution in [2.75, 3.05) is 13.1 Å². The molecule has 1 rings (SSSR count). The van der Waals surface area contributed by atoms with Gasteiger partial charge in [0.05, 0.1) is 6.54 Å². The minimum absolute atomic E-state index is 0.0166. The maximum atomic E-state index is 12.3. The highest BCUT2D eigenvalue weighted by Crippen LogP contribution is 2.30. The van der Waals surface area contributed by atoms with E-state index in [0.29, 0.717) is 19.4 Å². The first-order valence-corrected chi connectivity index (χ1v) is 7.85. The smallest absolute Gasteiger partial charge is 0.379 e. The van der Waals surface area contributed by atoms with E-state index in [2.05, 4.69) is 10.8 Å². The van der Waals surface area contributed by atoms with Crippen LogP contribution in [0.15, 0.2) is 24.1 Å². The van der Waals surface area contributed by atoms with Crippen molar-refractivity contribution in [1.82, 2.24) is 4.90 Å². The molecule has 0 aromatic carbocycles. The van der Waals surface area contributed by atoms with Gasteiger partial charge in [-0.05, 0) is 24.3 Å². The summed E-state index contributed by atoms with van der Waals surface area (Å²) >= 11 is 0. The average Bonchev–Trinajstić information content (AvgIpc) is 2.24. The fourth-order valence-corrected chi connectivity index (χ4v) is 2.45. The average molecular weight is 327 g/mol. The van der Waals surface area contributed by atoms with Gasteiger partial charge < -0.3 is 9.08 Å². The van der Waals surface area contributed by atoms with Crippen LogP contribution >= 0.6 is 0 Å². The molecule has 1 heterocycles. The number of rotatable bonds is 4. The van der Waals surface area contributed by atoms with Crippen molar-refractivity contribution in [3.05, 3.63) is 24.1 Å². The molecule has 0 bridgehead atoms. The molecule has 4 nitrogen and oxygen atoms in total. The highest BCUT2D eigenvalue weighted by Gasteiger charge is 2.49. The van der Waals surface area contributed by atoms with Gasteiger partial charge in [0.25, 0.3) is 0 Å². The Balaban J connectivity index is 2.74. The van der Waals surface area contributed by atoms with Gasteiger partial charge in [0.15, 0.2) is 0 Å². The maximum Gasteiger partial charge on any atom is 0.534 e. The van der Waals surface area contributed by atoms with Gasteiger partial charge in [0.2, 0.25) is 0 Å². The molecular formula is C13H20F3NO3S. The van der Waals surface area contributed by atoms with Crippen molar-refractivity contribution in [1.29, 1.82) is 0 Å². The summed E-state index contributed by atoms with van der Waals surface area (Å²) < 4.78 is 63.1. The van der Waals surface area contributed by atoms with E-state index in [-0.39, 0.29) is 17.7 Å². The molecule has 8 heteroatoms. The standard InChI is InChI=1S/C13H20F3NO3S/c1-10(8-12(2,3)4)17-7-5-6-11(9-17)20-21(18,19)13(14,15)16/h6H,1,5,7-9H2,2-4H3. The lowest BCUT2D eigenvalue weighted by molar-refractivity contribution is -0.0525. The van der Waals surface area contributed by atoms with Gasteiger partial charge in [0, 0.05) is 12.2 Å². The Morgan fingerprint density at radius 1 is 1.38 bits per heavy atom. The zero-order chi connectivity index (χ0) is 16.5. The highest BCUT2D eigenvalue weighted by atomic mass is 32.2. The second-order valence-electron chi connectivity index (χ2n) is 6.17. The van der Waals surface area contributed by atoms with Crippen LogP contribution in [0, 0.1) is 5.41 Å². The molecule has 1 aliphatic rings. The number of hydrogen-bond acceptors (Lipinski definition) is 4. The van der Waals surface area contributed by atoms with Gasteiger partial charge in [-0.25, -0.2) is 0 Å². The van der Waals surface area contributed by atoms with Crippen LogP contribution in [0.3, 0.4) is 0 Å². The zero-order valence-corrected chi connectivity index (χ0v) is 13.1. The Labute approximate surface area is 123 Å². The molecule has 0 unspecified atom stereocenters. The Morgan fingerprint density at radius 3 is 2.43 bits per heavy atom. The summed E-state index contributed by atoms with van der Waals surface area (Å²) in [5.74, 6) is -0.214. The quantitative estimate of drug-likeness (QED) is 0.586. The molecule has 21 heavy (non-hydrogen) atoms. The summed E-state index contributed by atoms with van der Waals surface area (Å²) in [6, 6.07) is 0. The summed E-state index contributed by atoms with van der Waals surface area (Å²) in [5.41, 5.74) is -4.68. The van der Waals surface area contributed by atoms with Crippen LogP contribution in [0.1, 0.15) is 33.6 Å². The van der Waals surface area contributed by atoms with E-state index in [1.54, 1.807) is 4.90 Å². The monoisotopic (exact) mass is 327 g/mol. The van der Waals surface area contributed by atoms with E-state index in [1.165, 1.54) is 6.08 Å². The molecular weight excluding hydrogens is 307 g/mol. The van der Waals surface area contributed by atoms with Crippen molar-refractivity contribution in [2.24, 2.45) is 5.41 Å². The van der Waals surface area contributed by atoms with Crippen LogP contribution in [0.25, 0.3) is 0 Å². The van der Waals surface area contributed by atoms with Gasteiger partial charge >= 0.3 is 15.6 Å². The first-order valence-electron chi connectivity index (χ1n) is 6.44. The van der Waals surface area contributed by atoms with E-state index in [4.69, 9.17) is 0 Å². The molecule has 122 valence electrons. The first-order chi connectivity index (χ1) is 9.32. The van der Waals surface area contributed by atoms with Crippen molar-refractivity contribution in [3.63, 3.8) is 0 Å². The number of halogens is 3. The molecule has 0 fully saturated rings. The molecule has 0 N–H and O–H groups in total. The fourth-order valence-electron chi connectivity index (χ4n) is 1.96. The van der Waals surface area contributed by atoms with Crippen LogP contribution in [-0.4, -0.2) is 31.9 Å². The number of hydrogen-bond donors (Lipinski definition) is 0. The number of nitrogens with zero attached hydrogens (tertiary/aromatic N) is 1. The minimum atomic E-state index is -5.61. The van der Waals surface area contributed by atoms with Gasteiger partial charge in [0.1, 0.15) is 5.76 Å². The summed E-state index contributed by atoms with van der Waals surface area (Å²) in [4.78, 5) is 1.74. The van der Waals surface area contributed by atoms with E-state index in [1.807, 2.05) is 20.8 Å². The zero-order valence-electron chi connectivity index (χ0n) is 12.3. The summed E-state index contributed by atoms with van der Waals surface area (Å²) in [6.45, 7) is 10.5. The van der Waals surface area contributed by atoms with Crippen molar-refractivity contribution >= 4 is 10.1 Å². The molecule has 0 atom stereocenters. The molecule has 0 saturated carbocycles. The molecule has 0 spiro atoms. The molecule has 0 aromatic rings. The van der Waals surface area contributed by atoms with Crippen molar-refractivity contribution < 1.29 is 25.8 Å². The molecule has 0 aliphatic carbocycles. The van der Waals surface area contributed by atoms with Crippen LogP contribution in [0.2, 0.25) is 0 Å². The topological polar surface area (TPSA) is 46.6 Å². The highest BCUT2D eigenvalue weighted by molar-refractivity contribution is 7.87. The van der Waals surface area contributed by atoms with Gasteiger partial charge in [-0.1, -0.05) is 27.4 Å². The molecule has 0 saturated heterocycles. The van der Waals surface area contributed by atoms with Gasteiger partial charge in [-0.3, -0.25) is 0 Å². The normalized spacial score (nSPS) is 17.4. The maximum absolute atomic E-state index is 12.3. The third-order valence-electron chi connectivity index (χ3n) is 2.80. The molecule has 0 aromatic heterocycles. The summed E-state index contributed by atoms with van der Waals surface area (Å²) in [7, 11) is -5.61. The minimum Gasteiger partial charge on any atom is -0.379 e. The Morgan fingerprint density at radius 2 is 1.95 bits per heavy atom. The Hall–Kier alpha value is -1.18.